The average Bonchev–Trinajstić information content (AvgIpc) is 2.30. The highest BCUT2D eigenvalue weighted by Gasteiger charge is 2.05. The highest BCUT2D eigenvalue weighted by Crippen LogP contribution is 2.25. The fraction of sp³-hybridized carbons (Fsp3) is 0.154. The van der Waals surface area contributed by atoms with E-state index in [0.29, 0.717) is 16.6 Å². The third-order valence-electron chi connectivity index (χ3n) is 2.56. The van der Waals surface area contributed by atoms with Crippen LogP contribution in [-0.2, 0) is 6.54 Å². The molecule has 0 radical (unpaired) electrons. The number of benzene rings is 1. The van der Waals surface area contributed by atoms with Gasteiger partial charge in [-0.15, -0.1) is 0 Å². The van der Waals surface area contributed by atoms with E-state index >= 15 is 0 Å². The lowest BCUT2D eigenvalue weighted by molar-refractivity contribution is 1.12. The highest BCUT2D eigenvalue weighted by atomic mass is 35.5. The molecule has 4 heteroatoms. The van der Waals surface area contributed by atoms with Crippen molar-refractivity contribution in [1.29, 1.82) is 0 Å². The van der Waals surface area contributed by atoms with Gasteiger partial charge in [0.05, 0.1) is 11.9 Å². The Bertz CT molecular complexity index is 506. The van der Waals surface area contributed by atoms with Crippen molar-refractivity contribution in [2.45, 2.75) is 13.5 Å². The van der Waals surface area contributed by atoms with Crippen molar-refractivity contribution < 1.29 is 0 Å². The summed E-state index contributed by atoms with van der Waals surface area (Å²) in [6.07, 6.45) is 3.56. The second kappa shape index (κ2) is 5.39. The van der Waals surface area contributed by atoms with Crippen molar-refractivity contribution in [3.8, 4) is 0 Å². The molecule has 2 nitrogen and oxygen atoms in total. The van der Waals surface area contributed by atoms with Crippen LogP contribution < -0.4 is 5.32 Å². The Morgan fingerprint density at radius 1 is 1.18 bits per heavy atom. The molecule has 2 aromatic rings. The minimum atomic E-state index is 0.588. The number of hydrogen-bond donors (Lipinski definition) is 1. The molecule has 1 aromatic heterocycles. The molecule has 2 rings (SSSR count). The van der Waals surface area contributed by atoms with Crippen molar-refractivity contribution in [1.82, 2.24) is 4.98 Å². The SMILES string of the molecule is Cc1ccncc1NCc1c(Cl)cccc1Cl. The first-order valence-electron chi connectivity index (χ1n) is 5.26. The van der Waals surface area contributed by atoms with Crippen LogP contribution in [0.25, 0.3) is 0 Å². The summed E-state index contributed by atoms with van der Waals surface area (Å²) in [5.41, 5.74) is 3.03. The number of hydrogen-bond acceptors (Lipinski definition) is 2. The third-order valence-corrected chi connectivity index (χ3v) is 3.26. The zero-order valence-corrected chi connectivity index (χ0v) is 10.9. The molecule has 1 aromatic carbocycles. The highest BCUT2D eigenvalue weighted by molar-refractivity contribution is 6.36. The Kier molecular flexibility index (Phi) is 3.87. The standard InChI is InChI=1S/C13H12Cl2N2/c1-9-5-6-16-8-13(9)17-7-10-11(14)3-2-4-12(10)15/h2-6,8,17H,7H2,1H3. The fourth-order valence-corrected chi connectivity index (χ4v) is 2.06. The quantitative estimate of drug-likeness (QED) is 0.896. The van der Waals surface area contributed by atoms with Gasteiger partial charge >= 0.3 is 0 Å². The van der Waals surface area contributed by atoms with E-state index in [1.807, 2.05) is 31.2 Å². The molecular weight excluding hydrogens is 255 g/mol. The van der Waals surface area contributed by atoms with Gasteiger partial charge in [-0.05, 0) is 30.7 Å². The van der Waals surface area contributed by atoms with Crippen LogP contribution in [0.5, 0.6) is 0 Å². The van der Waals surface area contributed by atoms with Crippen molar-refractivity contribution in [2.24, 2.45) is 0 Å². The molecule has 88 valence electrons. The van der Waals surface area contributed by atoms with Crippen LogP contribution in [0.3, 0.4) is 0 Å². The first-order valence-corrected chi connectivity index (χ1v) is 6.01. The van der Waals surface area contributed by atoms with E-state index in [1.54, 1.807) is 12.4 Å². The molecule has 0 aliphatic carbocycles. The van der Waals surface area contributed by atoms with Crippen LogP contribution >= 0.6 is 23.2 Å². The molecule has 0 unspecified atom stereocenters. The summed E-state index contributed by atoms with van der Waals surface area (Å²) in [5.74, 6) is 0. The van der Waals surface area contributed by atoms with Gasteiger partial charge in [-0.2, -0.15) is 0 Å². The monoisotopic (exact) mass is 266 g/mol. The second-order valence-electron chi connectivity index (χ2n) is 3.74. The van der Waals surface area contributed by atoms with Gasteiger partial charge in [0.15, 0.2) is 0 Å². The Balaban J connectivity index is 2.16. The van der Waals surface area contributed by atoms with Crippen LogP contribution in [0.2, 0.25) is 10.0 Å². The van der Waals surface area contributed by atoms with Gasteiger partial charge in [0.25, 0.3) is 0 Å². The van der Waals surface area contributed by atoms with Gasteiger partial charge < -0.3 is 5.32 Å². The number of aromatic nitrogens is 1. The topological polar surface area (TPSA) is 24.9 Å². The van der Waals surface area contributed by atoms with Gasteiger partial charge in [-0.3, -0.25) is 4.98 Å². The first-order chi connectivity index (χ1) is 8.18. The number of nitrogens with one attached hydrogen (secondary N) is 1. The number of nitrogens with zero attached hydrogens (tertiary/aromatic N) is 1. The van der Waals surface area contributed by atoms with Crippen LogP contribution in [-0.4, -0.2) is 4.98 Å². The maximum absolute atomic E-state index is 6.10. The van der Waals surface area contributed by atoms with Crippen LogP contribution in [0, 0.1) is 6.92 Å². The lowest BCUT2D eigenvalue weighted by Crippen LogP contribution is -2.02. The second-order valence-corrected chi connectivity index (χ2v) is 4.56. The summed E-state index contributed by atoms with van der Waals surface area (Å²) in [5, 5.41) is 4.62. The lowest BCUT2D eigenvalue weighted by Gasteiger charge is -2.11. The molecular formula is C13H12Cl2N2. The number of rotatable bonds is 3. The van der Waals surface area contributed by atoms with Crippen molar-refractivity contribution >= 4 is 28.9 Å². The maximum atomic E-state index is 6.10. The van der Waals surface area contributed by atoms with Crippen LogP contribution in [0.1, 0.15) is 11.1 Å². The lowest BCUT2D eigenvalue weighted by atomic mass is 10.2. The molecule has 0 saturated carbocycles. The van der Waals surface area contributed by atoms with E-state index in [2.05, 4.69) is 10.3 Å². The van der Waals surface area contributed by atoms with Gasteiger partial charge in [0.2, 0.25) is 0 Å². The number of aryl methyl sites for hydroxylation is 1. The molecule has 1 N–H and O–H groups in total. The molecule has 17 heavy (non-hydrogen) atoms. The predicted octanol–water partition coefficient (Wildman–Crippen LogP) is 4.31. The summed E-state index contributed by atoms with van der Waals surface area (Å²) in [6.45, 7) is 2.61. The molecule has 0 aliphatic heterocycles. The molecule has 0 spiro atoms. The van der Waals surface area contributed by atoms with Crippen molar-refractivity contribution in [3.05, 3.63) is 57.8 Å². The molecule has 0 atom stereocenters. The predicted molar refractivity (Wildman–Crippen MR) is 72.8 cm³/mol. The number of pyridine rings is 1. The number of halogens is 2. The molecule has 0 bridgehead atoms. The molecule has 0 fully saturated rings. The smallest absolute Gasteiger partial charge is 0.0559 e. The van der Waals surface area contributed by atoms with Gasteiger partial charge in [-0.1, -0.05) is 29.3 Å². The van der Waals surface area contributed by atoms with E-state index in [4.69, 9.17) is 23.2 Å². The zero-order valence-electron chi connectivity index (χ0n) is 9.37. The van der Waals surface area contributed by atoms with Gasteiger partial charge in [-0.25, -0.2) is 0 Å². The number of anilines is 1. The maximum Gasteiger partial charge on any atom is 0.0559 e. The van der Waals surface area contributed by atoms with Gasteiger partial charge in [0.1, 0.15) is 0 Å². The van der Waals surface area contributed by atoms with Crippen LogP contribution in [0.4, 0.5) is 5.69 Å². The summed E-state index contributed by atoms with van der Waals surface area (Å²) in [6, 6.07) is 7.46. The zero-order chi connectivity index (χ0) is 12.3. The summed E-state index contributed by atoms with van der Waals surface area (Å²) in [7, 11) is 0. The molecule has 1 heterocycles. The molecule has 0 saturated heterocycles. The van der Waals surface area contributed by atoms with Crippen molar-refractivity contribution in [2.75, 3.05) is 5.32 Å². The van der Waals surface area contributed by atoms with Crippen molar-refractivity contribution in [3.63, 3.8) is 0 Å². The van der Waals surface area contributed by atoms with E-state index < -0.39 is 0 Å². The van der Waals surface area contributed by atoms with E-state index in [1.165, 1.54) is 0 Å². The normalized spacial score (nSPS) is 10.3. The third kappa shape index (κ3) is 2.90. The summed E-state index contributed by atoms with van der Waals surface area (Å²) < 4.78 is 0. The fourth-order valence-electron chi connectivity index (χ4n) is 1.53. The van der Waals surface area contributed by atoms with Gasteiger partial charge in [0, 0.05) is 28.4 Å². The minimum absolute atomic E-state index is 0.588. The van der Waals surface area contributed by atoms with E-state index in [0.717, 1.165) is 16.8 Å². The van der Waals surface area contributed by atoms with E-state index in [9.17, 15) is 0 Å². The molecule has 0 aliphatic rings. The Morgan fingerprint density at radius 2 is 1.88 bits per heavy atom. The molecule has 0 amide bonds. The summed E-state index contributed by atoms with van der Waals surface area (Å²) in [4.78, 5) is 4.07. The van der Waals surface area contributed by atoms with Crippen LogP contribution in [0.15, 0.2) is 36.7 Å². The van der Waals surface area contributed by atoms with E-state index in [-0.39, 0.29) is 0 Å². The Morgan fingerprint density at radius 3 is 2.53 bits per heavy atom. The Hall–Kier alpha value is -1.25. The average molecular weight is 267 g/mol. The summed E-state index contributed by atoms with van der Waals surface area (Å²) >= 11 is 12.2. The minimum Gasteiger partial charge on any atom is -0.379 e. The first kappa shape index (κ1) is 12.2. The Labute approximate surface area is 111 Å². The largest absolute Gasteiger partial charge is 0.379 e.